The van der Waals surface area contributed by atoms with Crippen LogP contribution < -0.4 is 0 Å². The molecule has 0 N–H and O–H groups in total. The Labute approximate surface area is 193 Å². The van der Waals surface area contributed by atoms with E-state index >= 15 is 0 Å². The Morgan fingerprint density at radius 3 is 2.75 bits per heavy atom. The minimum Gasteiger partial charge on any atom is -0.332 e. The monoisotopic (exact) mass is 466 g/mol. The van der Waals surface area contributed by atoms with E-state index in [-0.39, 0.29) is 16.8 Å². The standard InChI is InChI=1S/C25H26N2O3S2/c1-18-5-2-6-19(15-18)23-9-4-12-27(23)25(28)20-7-3-8-22(16-20)32(29,30)26-13-10-24-21(17-26)11-14-31-24/h2-3,5-8,11,14-16,23H,4,9-10,12-13,17H2,1H3. The van der Waals surface area contributed by atoms with Crippen LogP contribution in [0.3, 0.4) is 0 Å². The molecule has 0 aliphatic carbocycles. The highest BCUT2D eigenvalue weighted by Gasteiger charge is 2.33. The van der Waals surface area contributed by atoms with Gasteiger partial charge in [-0.3, -0.25) is 4.79 Å². The minimum absolute atomic E-state index is 0.0294. The van der Waals surface area contributed by atoms with Crippen LogP contribution >= 0.6 is 11.3 Å². The van der Waals surface area contributed by atoms with Crippen LogP contribution in [0.1, 0.15) is 50.8 Å². The van der Waals surface area contributed by atoms with Crippen LogP contribution in [0.4, 0.5) is 0 Å². The number of hydrogen-bond donors (Lipinski definition) is 0. The third-order valence-corrected chi connectivity index (χ3v) is 9.30. The minimum atomic E-state index is -3.67. The van der Waals surface area contributed by atoms with Crippen LogP contribution in [0.25, 0.3) is 0 Å². The summed E-state index contributed by atoms with van der Waals surface area (Å²) in [6.07, 6.45) is 2.60. The molecule has 0 bridgehead atoms. The molecule has 3 aromatic rings. The number of sulfonamides is 1. The van der Waals surface area contributed by atoms with Crippen molar-refractivity contribution in [3.8, 4) is 0 Å². The van der Waals surface area contributed by atoms with E-state index < -0.39 is 10.0 Å². The lowest BCUT2D eigenvalue weighted by Gasteiger charge is -2.27. The predicted octanol–water partition coefficient (Wildman–Crippen LogP) is 4.78. The van der Waals surface area contributed by atoms with Crippen LogP contribution in [-0.4, -0.2) is 36.6 Å². The first-order valence-corrected chi connectivity index (χ1v) is 13.3. The van der Waals surface area contributed by atoms with Crippen molar-refractivity contribution < 1.29 is 13.2 Å². The number of benzene rings is 2. The van der Waals surface area contributed by atoms with E-state index in [4.69, 9.17) is 0 Å². The molecule has 5 rings (SSSR count). The summed E-state index contributed by atoms with van der Waals surface area (Å²) in [5, 5.41) is 2.01. The molecule has 0 saturated carbocycles. The predicted molar refractivity (Wildman–Crippen MR) is 126 cm³/mol. The van der Waals surface area contributed by atoms with Crippen molar-refractivity contribution in [3.05, 3.63) is 87.1 Å². The molecule has 2 aliphatic rings. The highest BCUT2D eigenvalue weighted by Crippen LogP contribution is 2.34. The number of likely N-dealkylation sites (tertiary alicyclic amines) is 1. The molecule has 1 saturated heterocycles. The molecule has 32 heavy (non-hydrogen) atoms. The van der Waals surface area contributed by atoms with Crippen molar-refractivity contribution in [1.29, 1.82) is 0 Å². The highest BCUT2D eigenvalue weighted by molar-refractivity contribution is 7.89. The molecular formula is C25H26N2O3S2. The first kappa shape index (κ1) is 21.4. The fourth-order valence-corrected chi connectivity index (χ4v) is 7.12. The Morgan fingerprint density at radius 2 is 1.91 bits per heavy atom. The van der Waals surface area contributed by atoms with Crippen molar-refractivity contribution in [2.75, 3.05) is 13.1 Å². The van der Waals surface area contributed by atoms with Gasteiger partial charge in [-0.15, -0.1) is 11.3 Å². The van der Waals surface area contributed by atoms with Gasteiger partial charge in [0.2, 0.25) is 10.0 Å². The number of carbonyl (C=O) groups is 1. The summed E-state index contributed by atoms with van der Waals surface area (Å²) in [7, 11) is -3.67. The second-order valence-electron chi connectivity index (χ2n) is 8.56. The SMILES string of the molecule is Cc1cccc(C2CCCN2C(=O)c2cccc(S(=O)(=O)N3CCc4sccc4C3)c2)c1. The molecular weight excluding hydrogens is 440 g/mol. The number of carbonyl (C=O) groups excluding carboxylic acids is 1. The summed E-state index contributed by atoms with van der Waals surface area (Å²) < 4.78 is 28.2. The summed E-state index contributed by atoms with van der Waals surface area (Å²) >= 11 is 1.68. The van der Waals surface area contributed by atoms with E-state index in [0.29, 0.717) is 25.2 Å². The van der Waals surface area contributed by atoms with Crippen molar-refractivity contribution in [1.82, 2.24) is 9.21 Å². The largest absolute Gasteiger partial charge is 0.332 e. The number of aryl methyl sites for hydroxylation is 1. The van der Waals surface area contributed by atoms with Gasteiger partial charge >= 0.3 is 0 Å². The van der Waals surface area contributed by atoms with E-state index in [1.807, 2.05) is 22.4 Å². The average molecular weight is 467 g/mol. The average Bonchev–Trinajstić information content (AvgIpc) is 3.48. The molecule has 2 aromatic carbocycles. The lowest BCUT2D eigenvalue weighted by Crippen LogP contribution is -2.35. The smallest absolute Gasteiger partial charge is 0.254 e. The molecule has 5 nitrogen and oxygen atoms in total. The number of amides is 1. The molecule has 3 heterocycles. The van der Waals surface area contributed by atoms with E-state index in [0.717, 1.165) is 30.4 Å². The number of nitrogens with zero attached hydrogens (tertiary/aromatic N) is 2. The fraction of sp³-hybridized carbons (Fsp3) is 0.320. The molecule has 166 valence electrons. The van der Waals surface area contributed by atoms with E-state index in [9.17, 15) is 13.2 Å². The van der Waals surface area contributed by atoms with Gasteiger partial charge in [-0.2, -0.15) is 4.31 Å². The van der Waals surface area contributed by atoms with E-state index in [1.165, 1.54) is 14.7 Å². The van der Waals surface area contributed by atoms with Gasteiger partial charge in [-0.1, -0.05) is 35.9 Å². The van der Waals surface area contributed by atoms with Gasteiger partial charge in [-0.25, -0.2) is 8.42 Å². The number of rotatable bonds is 4. The van der Waals surface area contributed by atoms with Crippen LogP contribution in [0, 0.1) is 6.92 Å². The number of hydrogen-bond acceptors (Lipinski definition) is 4. The summed E-state index contributed by atoms with van der Waals surface area (Å²) in [4.78, 5) is 16.8. The lowest BCUT2D eigenvalue weighted by atomic mass is 10.0. The van der Waals surface area contributed by atoms with Gasteiger partial charge in [0.25, 0.3) is 5.91 Å². The molecule has 1 amide bonds. The third-order valence-electron chi connectivity index (χ3n) is 6.43. The molecule has 0 spiro atoms. The zero-order valence-electron chi connectivity index (χ0n) is 18.0. The van der Waals surface area contributed by atoms with Gasteiger partial charge in [-0.05, 0) is 67.0 Å². The van der Waals surface area contributed by atoms with Crippen molar-refractivity contribution in [2.45, 2.75) is 43.7 Å². The van der Waals surface area contributed by atoms with Crippen molar-refractivity contribution >= 4 is 27.3 Å². The maximum Gasteiger partial charge on any atom is 0.254 e. The van der Waals surface area contributed by atoms with Gasteiger partial charge in [0.1, 0.15) is 0 Å². The summed E-state index contributed by atoms with van der Waals surface area (Å²) in [6, 6.07) is 16.9. The van der Waals surface area contributed by atoms with Crippen LogP contribution in [0.5, 0.6) is 0 Å². The lowest BCUT2D eigenvalue weighted by molar-refractivity contribution is 0.0735. The van der Waals surface area contributed by atoms with Crippen LogP contribution in [0.15, 0.2) is 64.9 Å². The summed E-state index contributed by atoms with van der Waals surface area (Å²) in [5.74, 6) is -0.107. The van der Waals surface area contributed by atoms with Crippen molar-refractivity contribution in [2.24, 2.45) is 0 Å². The number of fused-ring (bicyclic) bond motifs is 1. The van der Waals surface area contributed by atoms with Gasteiger partial charge in [0.05, 0.1) is 10.9 Å². The molecule has 1 unspecified atom stereocenters. The maximum atomic E-state index is 13.4. The Morgan fingerprint density at radius 1 is 1.06 bits per heavy atom. The second-order valence-corrected chi connectivity index (χ2v) is 11.5. The Kier molecular flexibility index (Phi) is 5.65. The van der Waals surface area contributed by atoms with Crippen LogP contribution in [0.2, 0.25) is 0 Å². The zero-order chi connectivity index (χ0) is 22.3. The fourth-order valence-electron chi connectivity index (χ4n) is 4.77. The zero-order valence-corrected chi connectivity index (χ0v) is 19.7. The molecule has 0 radical (unpaired) electrons. The van der Waals surface area contributed by atoms with E-state index in [1.54, 1.807) is 35.6 Å². The Hall–Kier alpha value is -2.48. The first-order valence-electron chi connectivity index (χ1n) is 11.0. The normalized spacial score (nSPS) is 19.2. The molecule has 7 heteroatoms. The highest BCUT2D eigenvalue weighted by atomic mass is 32.2. The molecule has 1 aromatic heterocycles. The maximum absolute atomic E-state index is 13.4. The van der Waals surface area contributed by atoms with Gasteiger partial charge in [0.15, 0.2) is 0 Å². The van der Waals surface area contributed by atoms with E-state index in [2.05, 4.69) is 25.1 Å². The number of thiophene rings is 1. The van der Waals surface area contributed by atoms with Gasteiger partial charge < -0.3 is 4.90 Å². The second kappa shape index (κ2) is 8.46. The topological polar surface area (TPSA) is 57.7 Å². The Bertz CT molecular complexity index is 1270. The molecule has 1 atom stereocenters. The van der Waals surface area contributed by atoms with Crippen LogP contribution in [-0.2, 0) is 23.0 Å². The quantitative estimate of drug-likeness (QED) is 0.556. The van der Waals surface area contributed by atoms with Crippen molar-refractivity contribution in [3.63, 3.8) is 0 Å². The Balaban J connectivity index is 1.40. The third kappa shape index (κ3) is 3.89. The molecule has 2 aliphatic heterocycles. The summed E-state index contributed by atoms with van der Waals surface area (Å²) in [5.41, 5.74) is 3.82. The first-order chi connectivity index (χ1) is 15.4. The summed E-state index contributed by atoms with van der Waals surface area (Å²) in [6.45, 7) is 3.59. The molecule has 1 fully saturated rings. The van der Waals surface area contributed by atoms with Gasteiger partial charge in [0, 0.05) is 30.1 Å².